The Labute approximate surface area is 189 Å². The molecule has 1 aromatic heterocycles. The third-order valence-corrected chi connectivity index (χ3v) is 8.11. The summed E-state index contributed by atoms with van der Waals surface area (Å²) in [7, 11) is 0. The highest BCUT2D eigenvalue weighted by Crippen LogP contribution is 2.44. The van der Waals surface area contributed by atoms with Crippen LogP contribution in [0.15, 0.2) is 46.0 Å². The van der Waals surface area contributed by atoms with Crippen molar-refractivity contribution in [2.45, 2.75) is 97.3 Å². The SMILES string of the molecule is CCC.CCCCC1CSc2ccc(C(C)(C)C(C)C)cc2C1C.c1ccsc1. The van der Waals surface area contributed by atoms with Crippen molar-refractivity contribution in [3.8, 4) is 0 Å². The monoisotopic (exact) mass is 432 g/mol. The van der Waals surface area contributed by atoms with Crippen LogP contribution in [0.1, 0.15) is 98.1 Å². The zero-order valence-corrected chi connectivity index (χ0v) is 21.8. The molecular formula is C27H44S2. The lowest BCUT2D eigenvalue weighted by molar-refractivity contribution is 0.370. The predicted octanol–water partition coefficient (Wildman–Crippen LogP) is 9.80. The molecule has 0 radical (unpaired) electrons. The molecule has 2 heteroatoms. The first-order chi connectivity index (χ1) is 13.8. The molecule has 2 aromatic rings. The lowest BCUT2D eigenvalue weighted by Gasteiger charge is -2.35. The number of benzene rings is 1. The van der Waals surface area contributed by atoms with E-state index in [4.69, 9.17) is 0 Å². The molecule has 0 N–H and O–H groups in total. The molecule has 3 rings (SSSR count). The molecule has 1 aromatic carbocycles. The van der Waals surface area contributed by atoms with E-state index in [1.165, 1.54) is 41.9 Å². The van der Waals surface area contributed by atoms with Gasteiger partial charge in [-0.3, -0.25) is 0 Å². The molecule has 0 saturated heterocycles. The van der Waals surface area contributed by atoms with E-state index in [0.29, 0.717) is 5.92 Å². The van der Waals surface area contributed by atoms with Gasteiger partial charge in [0.25, 0.3) is 0 Å². The minimum absolute atomic E-state index is 0.260. The molecule has 0 saturated carbocycles. The van der Waals surface area contributed by atoms with E-state index in [9.17, 15) is 0 Å². The lowest BCUT2D eigenvalue weighted by Crippen LogP contribution is -2.25. The van der Waals surface area contributed by atoms with Crippen LogP contribution in [0.5, 0.6) is 0 Å². The van der Waals surface area contributed by atoms with Crippen molar-refractivity contribution in [2.24, 2.45) is 11.8 Å². The molecule has 164 valence electrons. The Morgan fingerprint density at radius 2 is 1.69 bits per heavy atom. The summed E-state index contributed by atoms with van der Waals surface area (Å²) in [4.78, 5) is 1.53. The highest BCUT2D eigenvalue weighted by Gasteiger charge is 2.30. The Kier molecular flexibility index (Phi) is 12.3. The maximum absolute atomic E-state index is 2.52. The first-order valence-electron chi connectivity index (χ1n) is 11.5. The molecule has 0 nitrogen and oxygen atoms in total. The highest BCUT2D eigenvalue weighted by atomic mass is 32.2. The molecule has 2 unspecified atom stereocenters. The number of hydrogen-bond donors (Lipinski definition) is 0. The van der Waals surface area contributed by atoms with Crippen LogP contribution < -0.4 is 0 Å². The van der Waals surface area contributed by atoms with E-state index in [0.717, 1.165) is 11.8 Å². The summed E-state index contributed by atoms with van der Waals surface area (Å²) in [6, 6.07) is 11.3. The quantitative estimate of drug-likeness (QED) is 0.453. The fourth-order valence-electron chi connectivity index (χ4n) is 3.39. The minimum atomic E-state index is 0.260. The van der Waals surface area contributed by atoms with Gasteiger partial charge in [0.1, 0.15) is 0 Å². The fraction of sp³-hybridized carbons (Fsp3) is 0.630. The van der Waals surface area contributed by atoms with Crippen LogP contribution in [-0.4, -0.2) is 5.75 Å². The average molecular weight is 433 g/mol. The van der Waals surface area contributed by atoms with Gasteiger partial charge in [-0.2, -0.15) is 11.3 Å². The maximum atomic E-state index is 2.52. The molecule has 0 bridgehead atoms. The van der Waals surface area contributed by atoms with Crippen molar-refractivity contribution in [1.82, 2.24) is 0 Å². The van der Waals surface area contributed by atoms with Crippen LogP contribution in [0.4, 0.5) is 0 Å². The normalized spacial score (nSPS) is 18.2. The third kappa shape index (κ3) is 8.13. The Hall–Kier alpha value is -0.730. The number of thiophene rings is 1. The van der Waals surface area contributed by atoms with Gasteiger partial charge in [0.2, 0.25) is 0 Å². The van der Waals surface area contributed by atoms with Gasteiger partial charge >= 0.3 is 0 Å². The number of fused-ring (bicyclic) bond motifs is 1. The summed E-state index contributed by atoms with van der Waals surface area (Å²) >= 11 is 3.79. The zero-order chi connectivity index (χ0) is 21.9. The van der Waals surface area contributed by atoms with Gasteiger partial charge < -0.3 is 0 Å². The molecule has 0 fully saturated rings. The van der Waals surface area contributed by atoms with E-state index in [1.807, 2.05) is 22.9 Å². The molecule has 0 spiro atoms. The van der Waals surface area contributed by atoms with Crippen molar-refractivity contribution in [1.29, 1.82) is 0 Å². The van der Waals surface area contributed by atoms with E-state index in [1.54, 1.807) is 16.9 Å². The molecular weight excluding hydrogens is 388 g/mol. The van der Waals surface area contributed by atoms with Crippen LogP contribution >= 0.6 is 23.1 Å². The van der Waals surface area contributed by atoms with E-state index < -0.39 is 0 Å². The molecule has 2 atom stereocenters. The van der Waals surface area contributed by atoms with Crippen molar-refractivity contribution in [2.75, 3.05) is 5.75 Å². The second-order valence-electron chi connectivity index (χ2n) is 9.13. The topological polar surface area (TPSA) is 0 Å². The first-order valence-corrected chi connectivity index (χ1v) is 13.5. The molecule has 0 aliphatic carbocycles. The van der Waals surface area contributed by atoms with Crippen molar-refractivity contribution < 1.29 is 0 Å². The van der Waals surface area contributed by atoms with Gasteiger partial charge in [0.05, 0.1) is 0 Å². The van der Waals surface area contributed by atoms with Gasteiger partial charge in [-0.25, -0.2) is 0 Å². The van der Waals surface area contributed by atoms with Gasteiger partial charge in [-0.05, 0) is 57.5 Å². The summed E-state index contributed by atoms with van der Waals surface area (Å²) in [6.45, 7) is 18.4. The maximum Gasteiger partial charge on any atom is 0.0107 e. The largest absolute Gasteiger partial charge is 0.152 e. The minimum Gasteiger partial charge on any atom is -0.152 e. The van der Waals surface area contributed by atoms with Crippen molar-refractivity contribution in [3.05, 3.63) is 52.2 Å². The Morgan fingerprint density at radius 3 is 2.17 bits per heavy atom. The second-order valence-corrected chi connectivity index (χ2v) is 11.0. The summed E-state index contributed by atoms with van der Waals surface area (Å²) in [6.07, 6.45) is 5.34. The smallest absolute Gasteiger partial charge is 0.0107 e. The first kappa shape index (κ1) is 26.3. The second kappa shape index (κ2) is 13.5. The van der Waals surface area contributed by atoms with Crippen LogP contribution in [0.3, 0.4) is 0 Å². The number of hydrogen-bond acceptors (Lipinski definition) is 2. The molecule has 29 heavy (non-hydrogen) atoms. The highest BCUT2D eigenvalue weighted by molar-refractivity contribution is 7.99. The predicted molar refractivity (Wildman–Crippen MR) is 137 cm³/mol. The fourth-order valence-corrected chi connectivity index (χ4v) is 5.27. The molecule has 2 heterocycles. The van der Waals surface area contributed by atoms with Crippen molar-refractivity contribution >= 4 is 23.1 Å². The van der Waals surface area contributed by atoms with E-state index in [-0.39, 0.29) is 5.41 Å². The Bertz CT molecular complexity index is 638. The van der Waals surface area contributed by atoms with Crippen LogP contribution in [0.25, 0.3) is 0 Å². The van der Waals surface area contributed by atoms with Gasteiger partial charge in [-0.15, -0.1) is 11.8 Å². The van der Waals surface area contributed by atoms with Gasteiger partial charge in [-0.1, -0.05) is 98.9 Å². The molecule has 0 amide bonds. The summed E-state index contributed by atoms with van der Waals surface area (Å²) in [5.74, 6) is 3.55. The third-order valence-electron chi connectivity index (χ3n) is 6.20. The van der Waals surface area contributed by atoms with Crippen LogP contribution in [0, 0.1) is 11.8 Å². The van der Waals surface area contributed by atoms with Crippen LogP contribution in [0.2, 0.25) is 0 Å². The number of rotatable bonds is 5. The molecule has 1 aliphatic heterocycles. The zero-order valence-electron chi connectivity index (χ0n) is 20.1. The van der Waals surface area contributed by atoms with E-state index >= 15 is 0 Å². The van der Waals surface area contributed by atoms with Crippen LogP contribution in [-0.2, 0) is 5.41 Å². The summed E-state index contributed by atoms with van der Waals surface area (Å²) < 4.78 is 0. The molecule has 1 aliphatic rings. The van der Waals surface area contributed by atoms with E-state index in [2.05, 4.69) is 85.4 Å². The average Bonchev–Trinajstić information content (AvgIpc) is 3.28. The standard InChI is InChI=1S/C20H32S.C4H4S.C3H8/c1-7-8-9-16-13-21-19-11-10-17(12-18(19)15(16)4)20(5,6)14(2)3;1-2-4-5-3-1;1-3-2/h10-12,14-16H,7-9,13H2,1-6H3;1-4H;3H2,1-2H3. The summed E-state index contributed by atoms with van der Waals surface area (Å²) in [5, 5.41) is 4.08. The van der Waals surface area contributed by atoms with Crippen molar-refractivity contribution in [3.63, 3.8) is 0 Å². The Morgan fingerprint density at radius 1 is 1.07 bits per heavy atom. The van der Waals surface area contributed by atoms with Gasteiger partial charge in [0.15, 0.2) is 0 Å². The summed E-state index contributed by atoms with van der Waals surface area (Å²) in [5.41, 5.74) is 3.38. The Balaban J connectivity index is 0.000000440. The number of unbranched alkanes of at least 4 members (excludes halogenated alkanes) is 1. The number of thioether (sulfide) groups is 1. The lowest BCUT2D eigenvalue weighted by atomic mass is 9.73. The van der Waals surface area contributed by atoms with Gasteiger partial charge in [0, 0.05) is 10.6 Å².